The van der Waals surface area contributed by atoms with E-state index >= 15 is 0 Å². The first kappa shape index (κ1) is 44.6. The fourth-order valence-corrected chi connectivity index (χ4v) is 8.71. The molecule has 0 spiro atoms. The van der Waals surface area contributed by atoms with Gasteiger partial charge in [0.2, 0.25) is 0 Å². The number of carbonyl (C=O) groups excluding carboxylic acids is 1. The van der Waals surface area contributed by atoms with Crippen LogP contribution in [0, 0.1) is 23.7 Å². The average Bonchev–Trinajstić information content (AvgIpc) is 3.03. The quantitative estimate of drug-likeness (QED) is 0.270. The summed E-state index contributed by atoms with van der Waals surface area (Å²) in [5, 5.41) is 57.6. The molecule has 0 bridgehead atoms. The highest BCUT2D eigenvalue weighted by Crippen LogP contribution is 2.38. The third kappa shape index (κ3) is 10.7. The van der Waals surface area contributed by atoms with Gasteiger partial charge in [0.25, 0.3) is 0 Å². The van der Waals surface area contributed by atoms with Crippen molar-refractivity contribution in [2.75, 3.05) is 34.3 Å². The molecule has 0 aromatic carbocycles. The van der Waals surface area contributed by atoms with E-state index in [9.17, 15) is 30.3 Å². The molecule has 0 saturated carbocycles. The fraction of sp³-hybridized carbons (Fsp3) is 0.974. The van der Waals surface area contributed by atoms with Gasteiger partial charge < -0.3 is 59.0 Å². The molecule has 3 heterocycles. The Morgan fingerprint density at radius 3 is 2.14 bits per heavy atom. The Morgan fingerprint density at radius 1 is 0.941 bits per heavy atom. The summed E-state index contributed by atoms with van der Waals surface area (Å²) in [6, 6.07) is -0.727. The van der Waals surface area contributed by atoms with Crippen LogP contribution < -0.4 is 0 Å². The minimum Gasteiger partial charge on any atom is -0.390 e. The second-order valence-electron chi connectivity index (χ2n) is 17.0. The van der Waals surface area contributed by atoms with Gasteiger partial charge in [0.15, 0.2) is 18.4 Å². The molecule has 13 heteroatoms. The zero-order chi connectivity index (χ0) is 38.7. The molecular formula is C38H72N2O11. The van der Waals surface area contributed by atoms with Crippen molar-refractivity contribution >= 4 is 5.78 Å². The van der Waals surface area contributed by atoms with Crippen LogP contribution in [0.3, 0.4) is 0 Å². The minimum absolute atomic E-state index is 0.122. The molecule has 0 aromatic rings. The topological polar surface area (TPSA) is 171 Å². The van der Waals surface area contributed by atoms with E-state index in [2.05, 4.69) is 0 Å². The van der Waals surface area contributed by atoms with Crippen LogP contribution >= 0.6 is 0 Å². The van der Waals surface area contributed by atoms with Crippen LogP contribution in [0.25, 0.3) is 0 Å². The van der Waals surface area contributed by atoms with Gasteiger partial charge in [-0.1, -0.05) is 34.6 Å². The van der Waals surface area contributed by atoms with Gasteiger partial charge in [0.1, 0.15) is 24.4 Å². The Labute approximate surface area is 306 Å². The molecule has 3 fully saturated rings. The molecule has 300 valence electrons. The number of ether oxygens (including phenoxy) is 5. The maximum atomic E-state index is 14.1. The maximum absolute atomic E-state index is 14.1. The van der Waals surface area contributed by atoms with Crippen LogP contribution in [0.5, 0.6) is 0 Å². The predicted molar refractivity (Wildman–Crippen MR) is 193 cm³/mol. The van der Waals surface area contributed by atoms with E-state index in [1.54, 1.807) is 20.8 Å². The second-order valence-corrected chi connectivity index (χ2v) is 17.0. The Kier molecular flexibility index (Phi) is 15.9. The lowest BCUT2D eigenvalue weighted by molar-refractivity contribution is -0.309. The highest BCUT2D eigenvalue weighted by atomic mass is 16.7. The maximum Gasteiger partial charge on any atom is 0.185 e. The summed E-state index contributed by atoms with van der Waals surface area (Å²) in [5.41, 5.74) is -3.18. The highest BCUT2D eigenvalue weighted by Gasteiger charge is 2.50. The number of ketones is 1. The van der Waals surface area contributed by atoms with Crippen molar-refractivity contribution in [2.24, 2.45) is 23.7 Å². The molecule has 0 radical (unpaired) electrons. The van der Waals surface area contributed by atoms with Gasteiger partial charge in [-0.3, -0.25) is 4.79 Å². The average molecular weight is 733 g/mol. The number of rotatable bonds is 6. The summed E-state index contributed by atoms with van der Waals surface area (Å²) in [6.07, 6.45) is -6.50. The Hall–Kier alpha value is -0.810. The summed E-state index contributed by atoms with van der Waals surface area (Å²) < 4.78 is 31.8. The third-order valence-electron chi connectivity index (χ3n) is 12.0. The molecule has 3 aliphatic heterocycles. The van der Waals surface area contributed by atoms with Crippen molar-refractivity contribution in [3.63, 3.8) is 0 Å². The molecule has 51 heavy (non-hydrogen) atoms. The van der Waals surface area contributed by atoms with Gasteiger partial charge in [0.05, 0.1) is 42.2 Å². The van der Waals surface area contributed by atoms with Gasteiger partial charge in [-0.05, 0) is 86.9 Å². The van der Waals surface area contributed by atoms with Gasteiger partial charge >= 0.3 is 0 Å². The molecule has 18 atom stereocenters. The smallest absolute Gasteiger partial charge is 0.185 e. The zero-order valence-electron chi connectivity index (χ0n) is 33.6. The van der Waals surface area contributed by atoms with Crippen LogP contribution in [-0.2, 0) is 28.5 Å². The van der Waals surface area contributed by atoms with Gasteiger partial charge in [0, 0.05) is 36.9 Å². The largest absolute Gasteiger partial charge is 0.390 e. The lowest BCUT2D eigenvalue weighted by atomic mass is 9.77. The number of Topliss-reactive ketones (excluding diaryl/α,β-unsaturated/α-hetero) is 1. The first-order chi connectivity index (χ1) is 23.5. The van der Waals surface area contributed by atoms with Gasteiger partial charge in [-0.2, -0.15) is 0 Å². The summed E-state index contributed by atoms with van der Waals surface area (Å²) >= 11 is 0. The molecule has 0 amide bonds. The lowest BCUT2D eigenvalue weighted by Crippen LogP contribution is -2.60. The van der Waals surface area contributed by atoms with Gasteiger partial charge in [-0.25, -0.2) is 0 Å². The number of hydrogen-bond donors (Lipinski definition) is 5. The highest BCUT2D eigenvalue weighted by molar-refractivity contribution is 5.82. The number of aliphatic hydroxyl groups is 5. The molecular weight excluding hydrogens is 660 g/mol. The van der Waals surface area contributed by atoms with Gasteiger partial charge in [-0.15, -0.1) is 0 Å². The van der Waals surface area contributed by atoms with Crippen molar-refractivity contribution in [1.82, 2.24) is 9.80 Å². The van der Waals surface area contributed by atoms with Crippen LogP contribution in [0.4, 0.5) is 0 Å². The number of hydrogen-bond acceptors (Lipinski definition) is 13. The summed E-state index contributed by atoms with van der Waals surface area (Å²) in [6.45, 7) is 18.3. The number of aliphatic hydroxyl groups excluding tert-OH is 3. The second kappa shape index (κ2) is 18.2. The minimum atomic E-state index is -1.66. The lowest BCUT2D eigenvalue weighted by Gasteiger charge is -2.48. The van der Waals surface area contributed by atoms with Crippen LogP contribution in [0.15, 0.2) is 0 Å². The van der Waals surface area contributed by atoms with E-state index < -0.39 is 84.4 Å². The molecule has 0 aromatic heterocycles. The van der Waals surface area contributed by atoms with E-state index in [0.717, 1.165) is 0 Å². The Morgan fingerprint density at radius 2 is 1.57 bits per heavy atom. The van der Waals surface area contributed by atoms with Crippen molar-refractivity contribution in [2.45, 2.75) is 180 Å². The van der Waals surface area contributed by atoms with Crippen LogP contribution in [0.1, 0.15) is 94.9 Å². The zero-order valence-corrected chi connectivity index (χ0v) is 33.6. The molecule has 0 aliphatic carbocycles. The molecule has 3 saturated heterocycles. The Bertz CT molecular complexity index is 1080. The molecule has 8 unspecified atom stereocenters. The van der Waals surface area contributed by atoms with E-state index in [1.165, 1.54) is 6.92 Å². The van der Waals surface area contributed by atoms with Crippen molar-refractivity contribution in [3.05, 3.63) is 0 Å². The molecule has 3 aliphatic rings. The summed E-state index contributed by atoms with van der Waals surface area (Å²) in [7, 11) is 5.66. The fourth-order valence-electron chi connectivity index (χ4n) is 8.71. The molecule has 3 rings (SSSR count). The number of carbonyl (C=O) groups is 1. The monoisotopic (exact) mass is 733 g/mol. The normalized spacial score (nSPS) is 49.3. The van der Waals surface area contributed by atoms with E-state index in [0.29, 0.717) is 25.8 Å². The predicted octanol–water partition coefficient (Wildman–Crippen LogP) is 2.17. The Balaban J connectivity index is 2.12. The van der Waals surface area contributed by atoms with Crippen molar-refractivity contribution in [1.29, 1.82) is 0 Å². The van der Waals surface area contributed by atoms with E-state index in [4.69, 9.17) is 23.7 Å². The van der Waals surface area contributed by atoms with E-state index in [1.807, 2.05) is 72.5 Å². The standard InChI is InChI=1S/C38H72N2O11/c1-14-29-38(10,46)34(44)25(7)40(13)18-20(2)17-37(9,45)35(51-36-32(43)27(39(11)12)16-22(4)48-36)24(6)33(23(5)28(41)19-47-29)50-30-15-21(3)31(42)26(8)49-30/h20-27,29-36,42-46H,14-19H2,1-13H3/t20-,21?,22?,23?,24+,25?,26?,27?,29-,30+,31-,32-,33-,34?,35-,36+,37-,38?/m1/s1. The third-order valence-corrected chi connectivity index (χ3v) is 12.0. The first-order valence-electron chi connectivity index (χ1n) is 19.1. The molecule has 5 N–H and O–H groups in total. The number of likely N-dealkylation sites (N-methyl/N-ethyl adjacent to an activating group) is 2. The first-order valence-corrected chi connectivity index (χ1v) is 19.1. The number of nitrogens with zero attached hydrogens (tertiary/aromatic N) is 2. The SMILES string of the molecule is CC[C@H]1OCC(=O)C(C)[C@@H](O[C@H]2CC(C)[C@@H](O)C(C)O2)[C@H](C)[C@@H](O[C@@H]2OC(C)CC(N(C)C)[C@H]2O)[C@](C)(O)C[C@@H](C)CN(C)C(C)C(O)C1(C)O. The summed E-state index contributed by atoms with van der Waals surface area (Å²) in [5.74, 6) is -1.99. The van der Waals surface area contributed by atoms with Crippen LogP contribution in [0.2, 0.25) is 0 Å². The van der Waals surface area contributed by atoms with E-state index in [-0.39, 0.29) is 42.8 Å². The van der Waals surface area contributed by atoms with Crippen LogP contribution in [-0.4, -0.2) is 160 Å². The van der Waals surface area contributed by atoms with Crippen molar-refractivity contribution in [3.8, 4) is 0 Å². The van der Waals surface area contributed by atoms with Crippen molar-refractivity contribution < 1.29 is 54.0 Å². The summed E-state index contributed by atoms with van der Waals surface area (Å²) in [4.78, 5) is 18.0. The molecule has 13 nitrogen and oxygen atoms in total.